The number of nitrogens with one attached hydrogen (secondary N) is 1. The molecule has 130 valence electrons. The van der Waals surface area contributed by atoms with Crippen molar-refractivity contribution in [2.24, 2.45) is 4.99 Å². The number of aryl methyl sites for hydroxylation is 3. The lowest BCUT2D eigenvalue weighted by molar-refractivity contribution is -0.908. The molecule has 0 amide bonds. The molecular weight excluding hydrogens is 318 g/mol. The summed E-state index contributed by atoms with van der Waals surface area (Å²) >= 11 is 1.74. The highest BCUT2D eigenvalue weighted by Crippen LogP contribution is 2.16. The van der Waals surface area contributed by atoms with Gasteiger partial charge in [-0.2, -0.15) is 0 Å². The Bertz CT molecular complexity index is 741. The highest BCUT2D eigenvalue weighted by Gasteiger charge is 2.13. The summed E-state index contributed by atoms with van der Waals surface area (Å²) in [6.45, 7) is 12.8. The average molecular weight is 347 g/mol. The number of ether oxygens (including phenoxy) is 1. The largest absolute Gasteiger partial charge is 0.370 e. The van der Waals surface area contributed by atoms with Crippen LogP contribution < -0.4 is 9.70 Å². The number of quaternary nitrogens is 1. The summed E-state index contributed by atoms with van der Waals surface area (Å²) in [5, 5.41) is 2.21. The van der Waals surface area contributed by atoms with Crippen LogP contribution in [0.25, 0.3) is 0 Å². The van der Waals surface area contributed by atoms with Crippen molar-refractivity contribution in [3.8, 4) is 0 Å². The number of benzene rings is 1. The normalized spacial score (nSPS) is 16.7. The summed E-state index contributed by atoms with van der Waals surface area (Å²) in [6.07, 6.45) is 1.19. The molecule has 1 saturated heterocycles. The van der Waals surface area contributed by atoms with Crippen molar-refractivity contribution in [1.82, 2.24) is 4.57 Å². The zero-order valence-corrected chi connectivity index (χ0v) is 15.8. The molecule has 1 aromatic carbocycles. The molecule has 0 saturated carbocycles. The molecule has 24 heavy (non-hydrogen) atoms. The highest BCUT2D eigenvalue weighted by atomic mass is 32.1. The number of hydrogen-bond acceptors (Lipinski definition) is 3. The third-order valence-electron chi connectivity index (χ3n) is 4.82. The summed E-state index contributed by atoms with van der Waals surface area (Å²) < 4.78 is 7.80. The monoisotopic (exact) mass is 346 g/mol. The molecule has 0 bridgehead atoms. The minimum absolute atomic E-state index is 0.910. The van der Waals surface area contributed by atoms with Gasteiger partial charge in [0.05, 0.1) is 25.4 Å². The van der Waals surface area contributed by atoms with E-state index < -0.39 is 0 Å². The lowest BCUT2D eigenvalue weighted by atomic mass is 10.1. The van der Waals surface area contributed by atoms with E-state index in [1.165, 1.54) is 29.8 Å². The first-order valence-electron chi connectivity index (χ1n) is 8.82. The second-order valence-corrected chi connectivity index (χ2v) is 7.49. The number of hydrogen-bond donors (Lipinski definition) is 1. The molecule has 0 spiro atoms. The van der Waals surface area contributed by atoms with Crippen LogP contribution in [0.15, 0.2) is 28.6 Å². The average Bonchev–Trinajstić information content (AvgIpc) is 2.92. The van der Waals surface area contributed by atoms with Crippen LogP contribution in [0.1, 0.15) is 23.2 Å². The summed E-state index contributed by atoms with van der Waals surface area (Å²) in [7, 11) is 0. The molecule has 2 aromatic rings. The molecule has 3 rings (SSSR count). The van der Waals surface area contributed by atoms with Gasteiger partial charge in [0.1, 0.15) is 13.1 Å². The van der Waals surface area contributed by atoms with Crippen LogP contribution in [0, 0.1) is 20.8 Å². The minimum Gasteiger partial charge on any atom is -0.370 e. The summed E-state index contributed by atoms with van der Waals surface area (Å²) in [4.78, 5) is 7.66. The fourth-order valence-electron chi connectivity index (χ4n) is 3.08. The lowest BCUT2D eigenvalue weighted by Crippen LogP contribution is -3.14. The second kappa shape index (κ2) is 8.10. The van der Waals surface area contributed by atoms with Crippen LogP contribution in [0.2, 0.25) is 0 Å². The standard InChI is InChI=1S/C19H27N3OS/c1-15-5-6-18(13-16(15)2)20-19-22(17(3)14-24-19)8-4-7-21-9-11-23-12-10-21/h5-6,13-14H,4,7-12H2,1-3H3/p+1. The maximum absolute atomic E-state index is 5.44. The fraction of sp³-hybridized carbons (Fsp3) is 0.526. The zero-order valence-electron chi connectivity index (χ0n) is 15.0. The van der Waals surface area contributed by atoms with Crippen LogP contribution in [0.4, 0.5) is 5.69 Å². The molecule has 1 aliphatic rings. The molecule has 4 nitrogen and oxygen atoms in total. The van der Waals surface area contributed by atoms with E-state index in [0.717, 1.165) is 43.3 Å². The molecule has 0 aliphatic carbocycles. The van der Waals surface area contributed by atoms with Crippen LogP contribution in [0.3, 0.4) is 0 Å². The second-order valence-electron chi connectivity index (χ2n) is 6.66. The van der Waals surface area contributed by atoms with Gasteiger partial charge >= 0.3 is 0 Å². The first-order valence-corrected chi connectivity index (χ1v) is 9.69. The van der Waals surface area contributed by atoms with E-state index in [1.54, 1.807) is 16.2 Å². The Morgan fingerprint density at radius 2 is 1.96 bits per heavy atom. The molecule has 1 N–H and O–H groups in total. The summed E-state index contributed by atoms with van der Waals surface area (Å²) in [5.41, 5.74) is 4.97. The van der Waals surface area contributed by atoms with E-state index in [4.69, 9.17) is 9.73 Å². The third kappa shape index (κ3) is 4.35. The fourth-order valence-corrected chi connectivity index (χ4v) is 4.00. The number of morpholine rings is 1. The quantitative estimate of drug-likeness (QED) is 0.882. The molecule has 5 heteroatoms. The number of thiazole rings is 1. The maximum atomic E-state index is 5.44. The van der Waals surface area contributed by atoms with Gasteiger partial charge in [-0.05, 0) is 44.0 Å². The van der Waals surface area contributed by atoms with Crippen molar-refractivity contribution in [1.29, 1.82) is 0 Å². The molecule has 0 atom stereocenters. The van der Waals surface area contributed by atoms with Gasteiger partial charge in [-0.3, -0.25) is 0 Å². The SMILES string of the molecule is Cc1ccc(N=c2scc(C)n2CCC[NH+]2CCOCC2)cc1C. The van der Waals surface area contributed by atoms with E-state index in [2.05, 4.69) is 48.9 Å². The van der Waals surface area contributed by atoms with E-state index in [0.29, 0.717) is 0 Å². The molecule has 1 aromatic heterocycles. The predicted octanol–water partition coefficient (Wildman–Crippen LogP) is 2.01. The van der Waals surface area contributed by atoms with Crippen molar-refractivity contribution >= 4 is 17.0 Å². The Balaban J connectivity index is 1.70. The number of aromatic nitrogens is 1. The summed E-state index contributed by atoms with van der Waals surface area (Å²) in [6, 6.07) is 6.44. The van der Waals surface area contributed by atoms with Gasteiger partial charge in [0.25, 0.3) is 0 Å². The minimum atomic E-state index is 0.910. The maximum Gasteiger partial charge on any atom is 0.190 e. The summed E-state index contributed by atoms with van der Waals surface area (Å²) in [5.74, 6) is 0. The smallest absolute Gasteiger partial charge is 0.190 e. The van der Waals surface area contributed by atoms with Crippen LogP contribution in [-0.4, -0.2) is 37.4 Å². The van der Waals surface area contributed by atoms with Crippen molar-refractivity contribution in [3.63, 3.8) is 0 Å². The first-order chi connectivity index (χ1) is 11.6. The van der Waals surface area contributed by atoms with Crippen LogP contribution in [0.5, 0.6) is 0 Å². The number of rotatable bonds is 5. The van der Waals surface area contributed by atoms with E-state index in [9.17, 15) is 0 Å². The van der Waals surface area contributed by atoms with Crippen molar-refractivity contribution in [2.45, 2.75) is 33.7 Å². The Labute approximate surface area is 148 Å². The molecular formula is C19H28N3OS+. The Kier molecular flexibility index (Phi) is 5.87. The van der Waals surface area contributed by atoms with Crippen molar-refractivity contribution < 1.29 is 9.64 Å². The Morgan fingerprint density at radius 1 is 1.17 bits per heavy atom. The van der Waals surface area contributed by atoms with Gasteiger partial charge in [-0.1, -0.05) is 6.07 Å². The molecule has 1 aliphatic heterocycles. The first kappa shape index (κ1) is 17.4. The Morgan fingerprint density at radius 3 is 2.71 bits per heavy atom. The van der Waals surface area contributed by atoms with Gasteiger partial charge in [0.15, 0.2) is 4.80 Å². The van der Waals surface area contributed by atoms with Gasteiger partial charge < -0.3 is 14.2 Å². The van der Waals surface area contributed by atoms with Crippen LogP contribution in [-0.2, 0) is 11.3 Å². The molecule has 0 radical (unpaired) electrons. The van der Waals surface area contributed by atoms with Crippen molar-refractivity contribution in [3.05, 3.63) is 45.2 Å². The number of nitrogens with zero attached hydrogens (tertiary/aromatic N) is 2. The van der Waals surface area contributed by atoms with Crippen molar-refractivity contribution in [2.75, 3.05) is 32.8 Å². The van der Waals surface area contributed by atoms with Gasteiger partial charge in [0.2, 0.25) is 0 Å². The topological polar surface area (TPSA) is 31.0 Å². The highest BCUT2D eigenvalue weighted by molar-refractivity contribution is 7.07. The van der Waals surface area contributed by atoms with Gasteiger partial charge in [0, 0.05) is 24.0 Å². The zero-order chi connectivity index (χ0) is 16.9. The third-order valence-corrected chi connectivity index (χ3v) is 5.80. The van der Waals surface area contributed by atoms with E-state index in [-0.39, 0.29) is 0 Å². The van der Waals surface area contributed by atoms with Gasteiger partial charge in [-0.15, -0.1) is 11.3 Å². The Hall–Kier alpha value is -1.43. The predicted molar refractivity (Wildman–Crippen MR) is 99.2 cm³/mol. The van der Waals surface area contributed by atoms with Gasteiger partial charge in [-0.25, -0.2) is 4.99 Å². The van der Waals surface area contributed by atoms with E-state index in [1.807, 2.05) is 0 Å². The molecule has 1 fully saturated rings. The van der Waals surface area contributed by atoms with Crippen LogP contribution >= 0.6 is 11.3 Å². The molecule has 2 heterocycles. The lowest BCUT2D eigenvalue weighted by Gasteiger charge is -2.23. The van der Waals surface area contributed by atoms with E-state index >= 15 is 0 Å². The molecule has 0 unspecified atom stereocenters.